The van der Waals surface area contributed by atoms with E-state index < -0.39 is 39.0 Å². The Kier molecular flexibility index (Phi) is 16.7. The number of methoxy groups -OCH3 is 1. The molecule has 52 heavy (non-hydrogen) atoms. The van der Waals surface area contributed by atoms with Gasteiger partial charge in [-0.1, -0.05) is 36.3 Å². The predicted octanol–water partition coefficient (Wildman–Crippen LogP) is 4.95. The minimum Gasteiger partial charge on any atom is -0.497 e. The Morgan fingerprint density at radius 1 is 0.827 bits per heavy atom. The maximum atomic E-state index is 13.8. The molecule has 0 heterocycles. The van der Waals surface area contributed by atoms with Crippen molar-refractivity contribution in [3.63, 3.8) is 0 Å². The summed E-state index contributed by atoms with van der Waals surface area (Å²) in [5, 5.41) is 45.0. The summed E-state index contributed by atoms with van der Waals surface area (Å²) in [5.74, 6) is -1.39. The Hall–Kier alpha value is -4.05. The number of carboxylic acids is 1. The standard InChI is InChI=1S/C37H58N6O8S/c1-25(2)33(35(45)46)43(52(49,50)32-16-14-31(51-9)15-17-32)24-29-10-12-30(13-11-29)34(44)38-21-18-28(19-22-39-36(5,6)26(3)41-47)20-23-40-37(7,8)27(4)42-48/h10-17,25,28,33,39-40,47-48H,18-24H2,1-9H3,(H,38,44)(H,45,46)/b41-26+,42-27+. The average molecular weight is 747 g/mol. The first-order valence-electron chi connectivity index (χ1n) is 17.4. The Morgan fingerprint density at radius 2 is 1.31 bits per heavy atom. The van der Waals surface area contributed by atoms with Gasteiger partial charge in [-0.05, 0) is 128 Å². The second-order valence-corrected chi connectivity index (χ2v) is 16.3. The van der Waals surface area contributed by atoms with Crippen molar-refractivity contribution in [3.05, 3.63) is 59.7 Å². The van der Waals surface area contributed by atoms with E-state index >= 15 is 0 Å². The summed E-state index contributed by atoms with van der Waals surface area (Å²) in [4.78, 5) is 25.4. The quantitative estimate of drug-likeness (QED) is 0.0544. The van der Waals surface area contributed by atoms with Gasteiger partial charge >= 0.3 is 5.97 Å². The van der Waals surface area contributed by atoms with E-state index in [1.54, 1.807) is 52.0 Å². The summed E-state index contributed by atoms with van der Waals surface area (Å²) in [6, 6.07) is 10.9. The molecule has 0 aliphatic rings. The molecule has 0 aromatic heterocycles. The van der Waals surface area contributed by atoms with E-state index in [2.05, 4.69) is 26.3 Å². The molecule has 14 nitrogen and oxygen atoms in total. The Bertz CT molecular complexity index is 1590. The largest absolute Gasteiger partial charge is 0.497 e. The molecule has 1 atom stereocenters. The third-order valence-corrected chi connectivity index (χ3v) is 11.4. The van der Waals surface area contributed by atoms with Crippen LogP contribution in [-0.2, 0) is 21.4 Å². The Balaban J connectivity index is 2.15. The van der Waals surface area contributed by atoms with Crippen LogP contribution in [0.1, 0.15) is 90.6 Å². The number of sulfonamides is 1. The number of amides is 1. The number of nitrogens with zero attached hydrogens (tertiary/aromatic N) is 3. The molecule has 0 fully saturated rings. The molecule has 2 aromatic carbocycles. The fourth-order valence-electron chi connectivity index (χ4n) is 5.51. The zero-order chi connectivity index (χ0) is 39.3. The second-order valence-electron chi connectivity index (χ2n) is 14.4. The van der Waals surface area contributed by atoms with E-state index in [0.717, 1.165) is 17.1 Å². The number of nitrogens with one attached hydrogen (secondary N) is 3. The fourth-order valence-corrected chi connectivity index (χ4v) is 7.21. The van der Waals surface area contributed by atoms with Gasteiger partial charge in [-0.2, -0.15) is 4.31 Å². The SMILES string of the molecule is COc1ccc(S(=O)(=O)N(Cc2ccc(C(=O)NCCC(CCNC(C)(C)/C(C)=N/O)CCNC(C)(C)/C(C)=N/O)cc2)C(C(=O)O)C(C)C)cc1. The van der Waals surface area contributed by atoms with E-state index in [0.29, 0.717) is 54.4 Å². The van der Waals surface area contributed by atoms with Crippen LogP contribution in [-0.4, -0.2) is 95.4 Å². The van der Waals surface area contributed by atoms with Gasteiger partial charge in [0.25, 0.3) is 5.91 Å². The van der Waals surface area contributed by atoms with Crippen LogP contribution >= 0.6 is 0 Å². The molecule has 0 bridgehead atoms. The van der Waals surface area contributed by atoms with Crippen LogP contribution in [0, 0.1) is 11.8 Å². The molecule has 2 aromatic rings. The minimum absolute atomic E-state index is 0.0586. The van der Waals surface area contributed by atoms with Gasteiger partial charge in [0, 0.05) is 18.7 Å². The van der Waals surface area contributed by atoms with E-state index in [1.165, 1.54) is 31.4 Å². The number of benzene rings is 2. The molecule has 2 rings (SSSR count). The Morgan fingerprint density at radius 3 is 1.73 bits per heavy atom. The van der Waals surface area contributed by atoms with Gasteiger partial charge in [-0.3, -0.25) is 9.59 Å². The van der Waals surface area contributed by atoms with Gasteiger partial charge < -0.3 is 36.2 Å². The molecule has 6 N–H and O–H groups in total. The van der Waals surface area contributed by atoms with Crippen LogP contribution in [0.4, 0.5) is 0 Å². The summed E-state index contributed by atoms with van der Waals surface area (Å²) >= 11 is 0. The first-order chi connectivity index (χ1) is 24.3. The van der Waals surface area contributed by atoms with Crippen molar-refractivity contribution in [2.45, 2.75) is 103 Å². The third kappa shape index (κ3) is 12.6. The maximum absolute atomic E-state index is 13.8. The predicted molar refractivity (Wildman–Crippen MR) is 202 cm³/mol. The molecule has 0 spiro atoms. The van der Waals surface area contributed by atoms with Crippen molar-refractivity contribution < 1.29 is 38.3 Å². The summed E-state index contributed by atoms with van der Waals surface area (Å²) < 4.78 is 33.7. The number of aliphatic carboxylic acids is 1. The van der Waals surface area contributed by atoms with Crippen molar-refractivity contribution in [2.75, 3.05) is 26.7 Å². The van der Waals surface area contributed by atoms with E-state index in [9.17, 15) is 33.5 Å². The molecular weight excluding hydrogens is 689 g/mol. The van der Waals surface area contributed by atoms with Gasteiger partial charge in [0.1, 0.15) is 11.8 Å². The molecule has 1 unspecified atom stereocenters. The van der Waals surface area contributed by atoms with Crippen LogP contribution in [0.25, 0.3) is 0 Å². The van der Waals surface area contributed by atoms with Crippen molar-refractivity contribution in [3.8, 4) is 5.75 Å². The molecule has 290 valence electrons. The maximum Gasteiger partial charge on any atom is 0.322 e. The number of hydrogen-bond donors (Lipinski definition) is 6. The highest BCUT2D eigenvalue weighted by Gasteiger charge is 2.38. The molecule has 0 aliphatic carbocycles. The van der Waals surface area contributed by atoms with E-state index in [-0.39, 0.29) is 23.3 Å². The topological polar surface area (TPSA) is 202 Å². The van der Waals surface area contributed by atoms with Crippen LogP contribution < -0.4 is 20.7 Å². The highest BCUT2D eigenvalue weighted by molar-refractivity contribution is 7.89. The number of carbonyl (C=O) groups excluding carboxylic acids is 1. The Labute approximate surface area is 308 Å². The van der Waals surface area contributed by atoms with Gasteiger partial charge in [0.15, 0.2) is 0 Å². The number of oxime groups is 2. The van der Waals surface area contributed by atoms with Gasteiger partial charge in [-0.15, -0.1) is 0 Å². The van der Waals surface area contributed by atoms with Gasteiger partial charge in [0.05, 0.1) is 34.5 Å². The number of hydrogen-bond acceptors (Lipinski definition) is 11. The lowest BCUT2D eigenvalue weighted by Crippen LogP contribution is -2.47. The van der Waals surface area contributed by atoms with Crippen LogP contribution in [0.2, 0.25) is 0 Å². The highest BCUT2D eigenvalue weighted by Crippen LogP contribution is 2.27. The first-order valence-corrected chi connectivity index (χ1v) is 18.9. The van der Waals surface area contributed by atoms with E-state index in [1.807, 2.05) is 27.7 Å². The lowest BCUT2D eigenvalue weighted by molar-refractivity contribution is -0.143. The lowest BCUT2D eigenvalue weighted by Gasteiger charge is -2.30. The summed E-state index contributed by atoms with van der Waals surface area (Å²) in [6.07, 6.45) is 2.29. The van der Waals surface area contributed by atoms with Crippen molar-refractivity contribution in [1.29, 1.82) is 0 Å². The smallest absolute Gasteiger partial charge is 0.322 e. The van der Waals surface area contributed by atoms with Crippen molar-refractivity contribution >= 4 is 33.3 Å². The summed E-state index contributed by atoms with van der Waals surface area (Å²) in [7, 11) is -2.76. The average Bonchev–Trinajstić information content (AvgIpc) is 3.10. The molecule has 0 radical (unpaired) electrons. The first kappa shape index (κ1) is 44.1. The minimum atomic E-state index is -4.23. The monoisotopic (exact) mass is 746 g/mol. The van der Waals surface area contributed by atoms with E-state index in [4.69, 9.17) is 4.74 Å². The zero-order valence-electron chi connectivity index (χ0n) is 31.9. The fraction of sp³-hybridized carbons (Fsp3) is 0.568. The summed E-state index contributed by atoms with van der Waals surface area (Å²) in [5.41, 5.74) is 1.06. The van der Waals surface area contributed by atoms with Crippen LogP contribution in [0.3, 0.4) is 0 Å². The normalized spacial score (nSPS) is 13.8. The molecule has 0 saturated carbocycles. The van der Waals surface area contributed by atoms with Gasteiger partial charge in [-0.25, -0.2) is 8.42 Å². The molecule has 0 saturated heterocycles. The second kappa shape index (κ2) is 19.7. The highest BCUT2D eigenvalue weighted by atomic mass is 32.2. The number of carbonyl (C=O) groups is 2. The molecule has 1 amide bonds. The lowest BCUT2D eigenvalue weighted by atomic mass is 9.94. The number of carboxylic acid groups (broad SMARTS) is 1. The van der Waals surface area contributed by atoms with Gasteiger partial charge in [0.2, 0.25) is 10.0 Å². The molecule has 0 aliphatic heterocycles. The van der Waals surface area contributed by atoms with Crippen LogP contribution in [0.5, 0.6) is 5.75 Å². The summed E-state index contributed by atoms with van der Waals surface area (Å²) in [6.45, 7) is 16.1. The third-order valence-electron chi connectivity index (χ3n) is 9.60. The zero-order valence-corrected chi connectivity index (χ0v) is 32.7. The van der Waals surface area contributed by atoms with Crippen molar-refractivity contribution in [2.24, 2.45) is 22.1 Å². The van der Waals surface area contributed by atoms with Crippen LogP contribution in [0.15, 0.2) is 63.7 Å². The molecule has 15 heteroatoms. The van der Waals surface area contributed by atoms with Crippen molar-refractivity contribution in [1.82, 2.24) is 20.3 Å². The number of rotatable bonds is 22. The number of ether oxygens (including phenoxy) is 1. The molecular formula is C37H58N6O8S.